The lowest BCUT2D eigenvalue weighted by Gasteiger charge is -2.22. The Morgan fingerprint density at radius 3 is 1.85 bits per heavy atom. The number of hydrogen-bond acceptors (Lipinski definition) is 1. The van der Waals surface area contributed by atoms with Crippen molar-refractivity contribution in [3.05, 3.63) is 132 Å². The molecule has 1 N–H and O–H groups in total. The summed E-state index contributed by atoms with van der Waals surface area (Å²) in [7, 11) is 0. The first-order valence-electron chi connectivity index (χ1n) is 11.9. The van der Waals surface area contributed by atoms with Crippen LogP contribution in [0.3, 0.4) is 0 Å². The van der Waals surface area contributed by atoms with Gasteiger partial charge in [-0.05, 0) is 74.8 Å². The van der Waals surface area contributed by atoms with Crippen LogP contribution in [0.25, 0.3) is 33.4 Å². The summed E-state index contributed by atoms with van der Waals surface area (Å²) >= 11 is 0. The molecule has 1 nitrogen and oxygen atoms in total. The van der Waals surface area contributed by atoms with Crippen molar-refractivity contribution in [2.75, 3.05) is 5.32 Å². The third-order valence-electron chi connectivity index (χ3n) is 7.04. The fourth-order valence-electron chi connectivity index (χ4n) is 5.23. The monoisotopic (exact) mass is 437 g/mol. The molecule has 0 unspecified atom stereocenters. The van der Waals surface area contributed by atoms with E-state index in [0.717, 1.165) is 11.4 Å². The molecule has 0 saturated carbocycles. The molecule has 0 atom stereocenters. The maximum atomic E-state index is 3.65. The third kappa shape index (κ3) is 3.50. The van der Waals surface area contributed by atoms with Gasteiger partial charge in [-0.15, -0.1) is 0 Å². The van der Waals surface area contributed by atoms with E-state index in [-0.39, 0.29) is 5.41 Å². The quantitative estimate of drug-likeness (QED) is 0.296. The van der Waals surface area contributed by atoms with Gasteiger partial charge in [-0.2, -0.15) is 0 Å². The van der Waals surface area contributed by atoms with E-state index < -0.39 is 0 Å². The van der Waals surface area contributed by atoms with Crippen LogP contribution < -0.4 is 5.32 Å². The Balaban J connectivity index is 1.31. The minimum absolute atomic E-state index is 0.00332. The summed E-state index contributed by atoms with van der Waals surface area (Å²) in [5.74, 6) is 0. The predicted octanol–water partition coefficient (Wildman–Crippen LogP) is 9.07. The smallest absolute Gasteiger partial charge is 0.0390 e. The number of nitrogens with one attached hydrogen (secondary N) is 1. The predicted molar refractivity (Wildman–Crippen MR) is 145 cm³/mol. The van der Waals surface area contributed by atoms with Crippen molar-refractivity contribution in [2.24, 2.45) is 0 Å². The highest BCUT2D eigenvalue weighted by molar-refractivity contribution is 5.83. The Kier molecular flexibility index (Phi) is 4.85. The number of fused-ring (bicyclic) bond motifs is 3. The average Bonchev–Trinajstić information content (AvgIpc) is 3.11. The second kappa shape index (κ2) is 8.04. The maximum Gasteiger partial charge on any atom is 0.0390 e. The van der Waals surface area contributed by atoms with E-state index in [1.54, 1.807) is 0 Å². The van der Waals surface area contributed by atoms with Crippen LogP contribution in [-0.2, 0) is 5.41 Å². The highest BCUT2D eigenvalue weighted by Gasteiger charge is 2.35. The molecule has 1 aliphatic carbocycles. The van der Waals surface area contributed by atoms with Crippen molar-refractivity contribution >= 4 is 11.4 Å². The van der Waals surface area contributed by atoms with Gasteiger partial charge in [-0.25, -0.2) is 0 Å². The molecular formula is C33H27N. The Labute approximate surface area is 201 Å². The SMILES string of the molecule is CC1(C)c2ccccc2-c2ccc(Nc3cccc(-c4cccc(-c5ccccc5)c4)c3)cc21. The Morgan fingerprint density at radius 1 is 0.441 bits per heavy atom. The summed E-state index contributed by atoms with van der Waals surface area (Å²) in [6.07, 6.45) is 0. The summed E-state index contributed by atoms with van der Waals surface area (Å²) < 4.78 is 0. The molecule has 0 heterocycles. The van der Waals surface area contributed by atoms with E-state index in [1.165, 1.54) is 44.5 Å². The molecule has 0 aliphatic heterocycles. The molecule has 0 spiro atoms. The normalized spacial score (nSPS) is 13.2. The van der Waals surface area contributed by atoms with Gasteiger partial charge >= 0.3 is 0 Å². The van der Waals surface area contributed by atoms with Crippen LogP contribution in [0.4, 0.5) is 11.4 Å². The van der Waals surface area contributed by atoms with Crippen molar-refractivity contribution in [1.82, 2.24) is 0 Å². The maximum absolute atomic E-state index is 3.65. The fourth-order valence-corrected chi connectivity index (χ4v) is 5.23. The summed E-state index contributed by atoms with van der Waals surface area (Å²) in [6.45, 7) is 4.64. The van der Waals surface area contributed by atoms with Gasteiger partial charge in [0.1, 0.15) is 0 Å². The van der Waals surface area contributed by atoms with Gasteiger partial charge in [0.15, 0.2) is 0 Å². The molecule has 5 aromatic carbocycles. The van der Waals surface area contributed by atoms with E-state index in [2.05, 4.69) is 140 Å². The van der Waals surface area contributed by atoms with Gasteiger partial charge in [0, 0.05) is 16.8 Å². The van der Waals surface area contributed by atoms with Crippen LogP contribution in [0.1, 0.15) is 25.0 Å². The Morgan fingerprint density at radius 2 is 1.03 bits per heavy atom. The molecule has 5 aromatic rings. The molecule has 164 valence electrons. The first-order valence-corrected chi connectivity index (χ1v) is 11.9. The van der Waals surface area contributed by atoms with Gasteiger partial charge in [-0.1, -0.05) is 105 Å². The lowest BCUT2D eigenvalue weighted by molar-refractivity contribution is 0.660. The lowest BCUT2D eigenvalue weighted by Crippen LogP contribution is -2.15. The summed E-state index contributed by atoms with van der Waals surface area (Å²) in [6, 6.07) is 43.5. The minimum atomic E-state index is 0.00332. The number of hydrogen-bond donors (Lipinski definition) is 1. The first-order chi connectivity index (χ1) is 16.6. The van der Waals surface area contributed by atoms with E-state index in [1.807, 2.05) is 0 Å². The van der Waals surface area contributed by atoms with Gasteiger partial charge in [0.05, 0.1) is 0 Å². The summed E-state index contributed by atoms with van der Waals surface area (Å²) in [5, 5.41) is 3.65. The third-order valence-corrected chi connectivity index (χ3v) is 7.04. The number of rotatable bonds is 4. The molecule has 6 rings (SSSR count). The van der Waals surface area contributed by atoms with Crippen molar-refractivity contribution < 1.29 is 0 Å². The van der Waals surface area contributed by atoms with Crippen molar-refractivity contribution in [3.63, 3.8) is 0 Å². The molecule has 0 radical (unpaired) electrons. The number of benzene rings is 5. The van der Waals surface area contributed by atoms with Gasteiger partial charge in [-0.3, -0.25) is 0 Å². The number of anilines is 2. The van der Waals surface area contributed by atoms with Crippen LogP contribution in [-0.4, -0.2) is 0 Å². The van der Waals surface area contributed by atoms with Crippen LogP contribution >= 0.6 is 0 Å². The Hall–Kier alpha value is -4.10. The minimum Gasteiger partial charge on any atom is -0.356 e. The van der Waals surface area contributed by atoms with Crippen molar-refractivity contribution in [2.45, 2.75) is 19.3 Å². The van der Waals surface area contributed by atoms with Gasteiger partial charge in [0.2, 0.25) is 0 Å². The van der Waals surface area contributed by atoms with Gasteiger partial charge < -0.3 is 5.32 Å². The fraction of sp³-hybridized carbons (Fsp3) is 0.0909. The standard InChI is InChI=1S/C33H27N/c1-33(2)31-17-7-6-16-29(31)30-19-18-28(22-32(30)33)34-27-15-9-14-26(21-27)25-13-8-12-24(20-25)23-10-4-3-5-11-23/h3-22,34H,1-2H3. The van der Waals surface area contributed by atoms with E-state index >= 15 is 0 Å². The van der Waals surface area contributed by atoms with Gasteiger partial charge in [0.25, 0.3) is 0 Å². The first kappa shape index (κ1) is 20.5. The van der Waals surface area contributed by atoms with E-state index in [0.29, 0.717) is 0 Å². The summed E-state index contributed by atoms with van der Waals surface area (Å²) in [4.78, 5) is 0. The highest BCUT2D eigenvalue weighted by Crippen LogP contribution is 2.49. The van der Waals surface area contributed by atoms with E-state index in [4.69, 9.17) is 0 Å². The molecule has 0 bridgehead atoms. The topological polar surface area (TPSA) is 12.0 Å². The highest BCUT2D eigenvalue weighted by atomic mass is 14.9. The molecule has 0 fully saturated rings. The molecule has 0 amide bonds. The summed E-state index contributed by atoms with van der Waals surface area (Å²) in [5.41, 5.74) is 12.6. The van der Waals surface area contributed by atoms with Crippen molar-refractivity contribution in [3.8, 4) is 33.4 Å². The van der Waals surface area contributed by atoms with Crippen LogP contribution in [0.5, 0.6) is 0 Å². The van der Waals surface area contributed by atoms with Crippen LogP contribution in [0.2, 0.25) is 0 Å². The second-order valence-electron chi connectivity index (χ2n) is 9.58. The van der Waals surface area contributed by atoms with Crippen molar-refractivity contribution in [1.29, 1.82) is 0 Å². The zero-order valence-electron chi connectivity index (χ0n) is 19.5. The molecule has 1 aliphatic rings. The lowest BCUT2D eigenvalue weighted by atomic mass is 9.82. The van der Waals surface area contributed by atoms with Crippen LogP contribution in [0.15, 0.2) is 121 Å². The second-order valence-corrected chi connectivity index (χ2v) is 9.58. The zero-order chi connectivity index (χ0) is 23.1. The molecular weight excluding hydrogens is 410 g/mol. The Bertz CT molecular complexity index is 1490. The van der Waals surface area contributed by atoms with E-state index in [9.17, 15) is 0 Å². The largest absolute Gasteiger partial charge is 0.356 e. The molecule has 1 heteroatoms. The zero-order valence-corrected chi connectivity index (χ0v) is 19.5. The van der Waals surface area contributed by atoms with Crippen LogP contribution in [0, 0.1) is 0 Å². The molecule has 0 aromatic heterocycles. The molecule has 34 heavy (non-hydrogen) atoms. The molecule has 0 saturated heterocycles. The average molecular weight is 438 g/mol.